The molecule has 2 aliphatic rings. The van der Waals surface area contributed by atoms with E-state index in [1.54, 1.807) is 12.4 Å². The molecule has 2 fully saturated rings. The number of likely N-dealkylation sites (tertiary alicyclic amines) is 2. The van der Waals surface area contributed by atoms with Gasteiger partial charge in [0.25, 0.3) is 0 Å². The van der Waals surface area contributed by atoms with Crippen molar-refractivity contribution < 1.29 is 9.32 Å². The number of aromatic nitrogens is 3. The predicted molar refractivity (Wildman–Crippen MR) is 104 cm³/mol. The molecule has 0 radical (unpaired) electrons. The van der Waals surface area contributed by atoms with Crippen LogP contribution in [0.5, 0.6) is 0 Å². The lowest BCUT2D eigenvalue weighted by Crippen LogP contribution is -2.53. The first-order chi connectivity index (χ1) is 13.4. The first-order valence-electron chi connectivity index (χ1n) is 10.1. The Hall–Kier alpha value is -2.28. The van der Waals surface area contributed by atoms with Crippen LogP contribution in [0.3, 0.4) is 0 Å². The van der Waals surface area contributed by atoms with Gasteiger partial charge in [0.2, 0.25) is 5.91 Å². The number of hydrogen-bond acceptors (Lipinski definition) is 6. The van der Waals surface area contributed by atoms with Gasteiger partial charge in [-0.1, -0.05) is 5.16 Å². The Bertz CT molecular complexity index is 827. The molecule has 2 aromatic heterocycles. The number of carbonyl (C=O) groups is 1. The van der Waals surface area contributed by atoms with Crippen molar-refractivity contribution in [1.29, 1.82) is 0 Å². The van der Waals surface area contributed by atoms with Crippen molar-refractivity contribution in [3.8, 4) is 0 Å². The lowest BCUT2D eigenvalue weighted by molar-refractivity contribution is -0.140. The maximum atomic E-state index is 12.6. The van der Waals surface area contributed by atoms with E-state index in [-0.39, 0.29) is 11.3 Å². The summed E-state index contributed by atoms with van der Waals surface area (Å²) in [5.74, 6) is 1.14. The summed E-state index contributed by atoms with van der Waals surface area (Å²) in [6, 6.07) is 0. The van der Waals surface area contributed by atoms with E-state index >= 15 is 0 Å². The molecule has 4 rings (SSSR count). The zero-order valence-electron chi connectivity index (χ0n) is 17.1. The van der Waals surface area contributed by atoms with Gasteiger partial charge in [0, 0.05) is 43.2 Å². The molecule has 1 atom stereocenters. The molecule has 1 unspecified atom stereocenters. The standard InChI is InChI=1S/C21H29N5O2/c1-15-9-23-18(10-22-15)11-26-14-21(7-5-20(26)27)6-4-8-25(13-21)12-19-16(2)24-28-17(19)3/h9-10H,4-8,11-14H2,1-3H3. The molecule has 0 N–H and O–H groups in total. The number of nitrogens with zero attached hydrogens (tertiary/aromatic N) is 5. The fourth-order valence-electron chi connectivity index (χ4n) is 4.67. The molecule has 2 aromatic rings. The van der Waals surface area contributed by atoms with E-state index in [0.29, 0.717) is 13.0 Å². The fourth-order valence-corrected chi connectivity index (χ4v) is 4.67. The van der Waals surface area contributed by atoms with E-state index < -0.39 is 0 Å². The maximum Gasteiger partial charge on any atom is 0.222 e. The molecule has 1 amide bonds. The zero-order chi connectivity index (χ0) is 19.7. The van der Waals surface area contributed by atoms with E-state index in [2.05, 4.69) is 20.0 Å². The van der Waals surface area contributed by atoms with Crippen molar-refractivity contribution in [1.82, 2.24) is 24.9 Å². The average molecular weight is 383 g/mol. The van der Waals surface area contributed by atoms with Gasteiger partial charge in [-0.05, 0) is 46.6 Å². The van der Waals surface area contributed by atoms with Crippen LogP contribution in [0.2, 0.25) is 0 Å². The van der Waals surface area contributed by atoms with E-state index in [1.165, 1.54) is 12.0 Å². The first kappa shape index (κ1) is 19.1. The molecule has 150 valence electrons. The number of amides is 1. The smallest absolute Gasteiger partial charge is 0.222 e. The molecular formula is C21H29N5O2. The normalized spacial score (nSPS) is 23.5. The predicted octanol–water partition coefficient (Wildman–Crippen LogP) is 2.79. The monoisotopic (exact) mass is 383 g/mol. The molecule has 1 spiro atoms. The summed E-state index contributed by atoms with van der Waals surface area (Å²) in [5.41, 5.74) is 4.11. The van der Waals surface area contributed by atoms with Crippen LogP contribution < -0.4 is 0 Å². The van der Waals surface area contributed by atoms with Crippen LogP contribution in [0.15, 0.2) is 16.9 Å². The van der Waals surface area contributed by atoms with Gasteiger partial charge in [-0.25, -0.2) is 0 Å². The van der Waals surface area contributed by atoms with Gasteiger partial charge < -0.3 is 9.42 Å². The highest BCUT2D eigenvalue weighted by Gasteiger charge is 2.41. The van der Waals surface area contributed by atoms with Crippen LogP contribution in [0.4, 0.5) is 0 Å². The minimum absolute atomic E-state index is 0.170. The van der Waals surface area contributed by atoms with Gasteiger partial charge in [0.05, 0.1) is 29.8 Å². The second-order valence-electron chi connectivity index (χ2n) is 8.52. The molecule has 7 nitrogen and oxygen atoms in total. The molecule has 2 saturated heterocycles. The van der Waals surface area contributed by atoms with E-state index in [1.807, 2.05) is 25.7 Å². The Morgan fingerprint density at radius 2 is 1.96 bits per heavy atom. The summed E-state index contributed by atoms with van der Waals surface area (Å²) in [5, 5.41) is 4.09. The zero-order valence-corrected chi connectivity index (χ0v) is 17.1. The third kappa shape index (κ3) is 3.94. The van der Waals surface area contributed by atoms with E-state index in [4.69, 9.17) is 4.52 Å². The molecular weight excluding hydrogens is 354 g/mol. The molecule has 0 bridgehead atoms. The second kappa shape index (κ2) is 7.62. The van der Waals surface area contributed by atoms with Gasteiger partial charge >= 0.3 is 0 Å². The van der Waals surface area contributed by atoms with Crippen LogP contribution in [-0.2, 0) is 17.9 Å². The number of carbonyl (C=O) groups excluding carboxylic acids is 1. The van der Waals surface area contributed by atoms with E-state index in [9.17, 15) is 4.79 Å². The molecule has 0 aliphatic carbocycles. The molecule has 0 aromatic carbocycles. The van der Waals surface area contributed by atoms with Crippen LogP contribution in [0, 0.1) is 26.2 Å². The summed E-state index contributed by atoms with van der Waals surface area (Å²) in [6.07, 6.45) is 7.49. The Morgan fingerprint density at radius 1 is 1.11 bits per heavy atom. The van der Waals surface area contributed by atoms with Gasteiger partial charge in [-0.2, -0.15) is 0 Å². The van der Waals surface area contributed by atoms with Crippen LogP contribution in [0.1, 0.15) is 54.1 Å². The minimum Gasteiger partial charge on any atom is -0.361 e. The minimum atomic E-state index is 0.170. The second-order valence-corrected chi connectivity index (χ2v) is 8.52. The SMILES string of the molecule is Cc1cnc(CN2CC3(CCCN(Cc4c(C)noc4C)C3)CCC2=O)cn1. The van der Waals surface area contributed by atoms with Crippen molar-refractivity contribution in [2.75, 3.05) is 19.6 Å². The molecule has 28 heavy (non-hydrogen) atoms. The third-order valence-electron chi connectivity index (χ3n) is 6.24. The number of rotatable bonds is 4. The number of aryl methyl sites for hydroxylation is 3. The molecule has 0 saturated carbocycles. The largest absolute Gasteiger partial charge is 0.361 e. The van der Waals surface area contributed by atoms with Gasteiger partial charge in [-0.3, -0.25) is 19.7 Å². The topological polar surface area (TPSA) is 75.4 Å². The van der Waals surface area contributed by atoms with Crippen molar-refractivity contribution in [3.05, 3.63) is 40.8 Å². The summed E-state index contributed by atoms with van der Waals surface area (Å²) in [6.45, 7) is 10.3. The number of hydrogen-bond donors (Lipinski definition) is 0. The van der Waals surface area contributed by atoms with Crippen molar-refractivity contribution in [3.63, 3.8) is 0 Å². The first-order valence-corrected chi connectivity index (χ1v) is 10.1. The van der Waals surface area contributed by atoms with E-state index in [0.717, 1.165) is 61.9 Å². The van der Waals surface area contributed by atoms with Crippen molar-refractivity contribution in [2.24, 2.45) is 5.41 Å². The van der Waals surface area contributed by atoms with Gasteiger partial charge in [0.1, 0.15) is 5.76 Å². The molecule has 2 aliphatic heterocycles. The summed E-state index contributed by atoms with van der Waals surface area (Å²) in [7, 11) is 0. The summed E-state index contributed by atoms with van der Waals surface area (Å²) >= 11 is 0. The third-order valence-corrected chi connectivity index (χ3v) is 6.24. The summed E-state index contributed by atoms with van der Waals surface area (Å²) < 4.78 is 5.34. The Labute approximate surface area is 166 Å². The van der Waals surface area contributed by atoms with Crippen LogP contribution >= 0.6 is 0 Å². The number of piperidine rings is 2. The molecule has 4 heterocycles. The van der Waals surface area contributed by atoms with Crippen LogP contribution in [0.25, 0.3) is 0 Å². The van der Waals surface area contributed by atoms with Crippen molar-refractivity contribution >= 4 is 5.91 Å². The highest BCUT2D eigenvalue weighted by atomic mass is 16.5. The maximum absolute atomic E-state index is 12.6. The quantitative estimate of drug-likeness (QED) is 0.808. The Kier molecular flexibility index (Phi) is 5.19. The molecule has 7 heteroatoms. The van der Waals surface area contributed by atoms with Crippen LogP contribution in [-0.4, -0.2) is 50.5 Å². The summed E-state index contributed by atoms with van der Waals surface area (Å²) in [4.78, 5) is 25.8. The highest BCUT2D eigenvalue weighted by Crippen LogP contribution is 2.39. The highest BCUT2D eigenvalue weighted by molar-refractivity contribution is 5.77. The Balaban J connectivity index is 1.45. The lowest BCUT2D eigenvalue weighted by Gasteiger charge is -2.48. The Morgan fingerprint density at radius 3 is 2.68 bits per heavy atom. The fraction of sp³-hybridized carbons (Fsp3) is 0.619. The van der Waals surface area contributed by atoms with Gasteiger partial charge in [-0.15, -0.1) is 0 Å². The van der Waals surface area contributed by atoms with Gasteiger partial charge in [0.15, 0.2) is 0 Å². The average Bonchev–Trinajstić information content (AvgIpc) is 2.99. The lowest BCUT2D eigenvalue weighted by atomic mass is 9.73. The van der Waals surface area contributed by atoms with Crippen molar-refractivity contribution in [2.45, 2.75) is 59.5 Å².